The van der Waals surface area contributed by atoms with E-state index in [4.69, 9.17) is 0 Å². The van der Waals surface area contributed by atoms with Crippen molar-refractivity contribution in [2.45, 2.75) is 17.9 Å². The lowest BCUT2D eigenvalue weighted by atomic mass is 10.2. The molecule has 0 saturated carbocycles. The van der Waals surface area contributed by atoms with Crippen molar-refractivity contribution in [3.05, 3.63) is 69.3 Å². The largest absolute Gasteiger partial charge is 0.331 e. The standard InChI is InChI=1S/C16H16N4O2S/c1-23-13-4-2-11(3-5-13)14-17-7-9-20(14)8-6-12-10-18-16(22)19-15(12)21/h2-5,7,9-10H,6,8H2,1H3,(H2,18,19,21,22). The highest BCUT2D eigenvalue weighted by Gasteiger charge is 2.07. The molecule has 0 fully saturated rings. The fourth-order valence-electron chi connectivity index (χ4n) is 2.35. The molecule has 0 aliphatic heterocycles. The molecule has 0 spiro atoms. The Bertz CT molecular complexity index is 909. The molecule has 2 N–H and O–H groups in total. The average Bonchev–Trinajstić information content (AvgIpc) is 3.02. The minimum absolute atomic E-state index is 0.347. The lowest BCUT2D eigenvalue weighted by molar-refractivity contribution is 0.694. The van der Waals surface area contributed by atoms with Gasteiger partial charge in [0, 0.05) is 41.2 Å². The van der Waals surface area contributed by atoms with Crippen molar-refractivity contribution in [3.63, 3.8) is 0 Å². The summed E-state index contributed by atoms with van der Waals surface area (Å²) in [4.78, 5) is 33.1. The van der Waals surface area contributed by atoms with Gasteiger partial charge in [0.25, 0.3) is 5.56 Å². The van der Waals surface area contributed by atoms with Crippen LogP contribution in [0.25, 0.3) is 11.4 Å². The summed E-state index contributed by atoms with van der Waals surface area (Å²) < 4.78 is 2.00. The van der Waals surface area contributed by atoms with Crippen molar-refractivity contribution in [3.8, 4) is 11.4 Å². The van der Waals surface area contributed by atoms with Crippen LogP contribution in [-0.2, 0) is 13.0 Å². The van der Waals surface area contributed by atoms with Crippen molar-refractivity contribution >= 4 is 11.8 Å². The second kappa shape index (κ2) is 6.70. The van der Waals surface area contributed by atoms with Crippen LogP contribution in [0.1, 0.15) is 5.56 Å². The number of hydrogen-bond acceptors (Lipinski definition) is 4. The maximum absolute atomic E-state index is 11.7. The number of aromatic nitrogens is 4. The third-order valence-corrected chi connectivity index (χ3v) is 4.33. The van der Waals surface area contributed by atoms with E-state index in [-0.39, 0.29) is 5.56 Å². The van der Waals surface area contributed by atoms with Gasteiger partial charge in [-0.3, -0.25) is 9.78 Å². The molecule has 0 unspecified atom stereocenters. The molecule has 2 aromatic heterocycles. The van der Waals surface area contributed by atoms with Crippen LogP contribution in [-0.4, -0.2) is 25.8 Å². The van der Waals surface area contributed by atoms with Crippen LogP contribution in [0.5, 0.6) is 0 Å². The van der Waals surface area contributed by atoms with Crippen molar-refractivity contribution in [1.29, 1.82) is 0 Å². The first-order valence-corrected chi connectivity index (χ1v) is 8.36. The van der Waals surface area contributed by atoms with Gasteiger partial charge < -0.3 is 9.55 Å². The van der Waals surface area contributed by atoms with Crippen LogP contribution in [0.2, 0.25) is 0 Å². The summed E-state index contributed by atoms with van der Waals surface area (Å²) in [5, 5.41) is 0. The van der Waals surface area contributed by atoms with E-state index >= 15 is 0 Å². The Morgan fingerprint density at radius 3 is 2.70 bits per heavy atom. The van der Waals surface area contributed by atoms with Gasteiger partial charge in [-0.15, -0.1) is 11.8 Å². The first-order valence-electron chi connectivity index (χ1n) is 7.14. The summed E-state index contributed by atoms with van der Waals surface area (Å²) in [5.41, 5.74) is 0.737. The summed E-state index contributed by atoms with van der Waals surface area (Å²) in [6, 6.07) is 8.20. The first-order chi connectivity index (χ1) is 11.2. The zero-order valence-corrected chi connectivity index (χ0v) is 13.4. The minimum atomic E-state index is -0.490. The smallest absolute Gasteiger partial charge is 0.325 e. The van der Waals surface area contributed by atoms with Crippen molar-refractivity contribution in [1.82, 2.24) is 19.5 Å². The van der Waals surface area contributed by atoms with Gasteiger partial charge in [-0.2, -0.15) is 0 Å². The predicted octanol–water partition coefficient (Wildman–Crippen LogP) is 1.89. The van der Waals surface area contributed by atoms with E-state index in [0.717, 1.165) is 11.4 Å². The van der Waals surface area contributed by atoms with E-state index in [1.807, 2.05) is 29.2 Å². The Labute approximate surface area is 136 Å². The summed E-state index contributed by atoms with van der Waals surface area (Å²) in [7, 11) is 0. The monoisotopic (exact) mass is 328 g/mol. The summed E-state index contributed by atoms with van der Waals surface area (Å²) in [5.74, 6) is 0.860. The summed E-state index contributed by atoms with van der Waals surface area (Å²) in [6.07, 6.45) is 7.65. The molecule has 0 amide bonds. The SMILES string of the molecule is CSc1ccc(-c2nccn2CCc2c[nH]c(=O)[nH]c2=O)cc1. The molecule has 0 bridgehead atoms. The second-order valence-electron chi connectivity index (χ2n) is 5.02. The van der Waals surface area contributed by atoms with Crippen LogP contribution in [0.15, 0.2) is 57.3 Å². The summed E-state index contributed by atoms with van der Waals surface area (Å²) >= 11 is 1.69. The Hall–Kier alpha value is -2.54. The van der Waals surface area contributed by atoms with Gasteiger partial charge in [0.15, 0.2) is 0 Å². The molecule has 118 valence electrons. The number of aryl methyl sites for hydroxylation is 2. The minimum Gasteiger partial charge on any atom is -0.331 e. The number of benzene rings is 1. The normalized spacial score (nSPS) is 10.8. The Kier molecular flexibility index (Phi) is 4.47. The fraction of sp³-hybridized carbons (Fsp3) is 0.188. The van der Waals surface area contributed by atoms with Gasteiger partial charge in [0.05, 0.1) is 0 Å². The van der Waals surface area contributed by atoms with E-state index in [0.29, 0.717) is 18.5 Å². The van der Waals surface area contributed by atoms with Crippen LogP contribution in [0.3, 0.4) is 0 Å². The lowest BCUT2D eigenvalue weighted by Gasteiger charge is -2.08. The molecule has 0 radical (unpaired) electrons. The molecule has 23 heavy (non-hydrogen) atoms. The van der Waals surface area contributed by atoms with Gasteiger partial charge >= 0.3 is 5.69 Å². The number of imidazole rings is 1. The molecule has 0 atom stereocenters. The Morgan fingerprint density at radius 1 is 1.22 bits per heavy atom. The molecule has 2 heterocycles. The molecule has 0 aliphatic rings. The van der Waals surface area contributed by atoms with Crippen LogP contribution >= 0.6 is 11.8 Å². The average molecular weight is 328 g/mol. The number of hydrogen-bond donors (Lipinski definition) is 2. The molecular weight excluding hydrogens is 312 g/mol. The lowest BCUT2D eigenvalue weighted by Crippen LogP contribution is -2.25. The number of rotatable bonds is 5. The number of H-pyrrole nitrogens is 2. The van der Waals surface area contributed by atoms with E-state index in [2.05, 4.69) is 27.1 Å². The number of aromatic amines is 2. The third kappa shape index (κ3) is 3.45. The van der Waals surface area contributed by atoms with E-state index in [9.17, 15) is 9.59 Å². The van der Waals surface area contributed by atoms with Crippen molar-refractivity contribution in [2.75, 3.05) is 6.26 Å². The molecule has 6 nitrogen and oxygen atoms in total. The Balaban J connectivity index is 1.80. The van der Waals surface area contributed by atoms with Crippen LogP contribution in [0, 0.1) is 0 Å². The maximum atomic E-state index is 11.7. The second-order valence-corrected chi connectivity index (χ2v) is 5.90. The molecule has 1 aromatic carbocycles. The van der Waals surface area contributed by atoms with E-state index in [1.54, 1.807) is 18.0 Å². The highest BCUT2D eigenvalue weighted by atomic mass is 32.2. The number of nitrogens with one attached hydrogen (secondary N) is 2. The van der Waals surface area contributed by atoms with Crippen molar-refractivity contribution < 1.29 is 0 Å². The van der Waals surface area contributed by atoms with Gasteiger partial charge in [-0.1, -0.05) is 12.1 Å². The molecule has 0 saturated heterocycles. The van der Waals surface area contributed by atoms with Crippen molar-refractivity contribution in [2.24, 2.45) is 0 Å². The predicted molar refractivity (Wildman–Crippen MR) is 90.8 cm³/mol. The molecule has 3 aromatic rings. The van der Waals surface area contributed by atoms with Gasteiger partial charge in [0.2, 0.25) is 0 Å². The topological polar surface area (TPSA) is 83.5 Å². The molecular formula is C16H16N4O2S. The Morgan fingerprint density at radius 2 is 2.00 bits per heavy atom. The van der Waals surface area contributed by atoms with E-state index in [1.165, 1.54) is 11.1 Å². The molecule has 7 heteroatoms. The highest BCUT2D eigenvalue weighted by Crippen LogP contribution is 2.22. The zero-order valence-electron chi connectivity index (χ0n) is 12.6. The van der Waals surface area contributed by atoms with Gasteiger partial charge in [0.1, 0.15) is 5.82 Å². The molecule has 0 aliphatic carbocycles. The maximum Gasteiger partial charge on any atom is 0.325 e. The highest BCUT2D eigenvalue weighted by molar-refractivity contribution is 7.98. The number of nitrogens with zero attached hydrogens (tertiary/aromatic N) is 2. The quantitative estimate of drug-likeness (QED) is 0.701. The summed E-state index contributed by atoms with van der Waals surface area (Å²) in [6.45, 7) is 0.606. The zero-order chi connectivity index (χ0) is 16.2. The fourth-order valence-corrected chi connectivity index (χ4v) is 2.76. The van der Waals surface area contributed by atoms with Gasteiger partial charge in [-0.05, 0) is 24.8 Å². The van der Waals surface area contributed by atoms with Crippen LogP contribution < -0.4 is 11.2 Å². The number of thioether (sulfide) groups is 1. The third-order valence-electron chi connectivity index (χ3n) is 3.58. The van der Waals surface area contributed by atoms with Gasteiger partial charge in [-0.25, -0.2) is 9.78 Å². The van der Waals surface area contributed by atoms with Crippen LogP contribution in [0.4, 0.5) is 0 Å². The first kappa shape index (κ1) is 15.4. The molecule has 3 rings (SSSR count). The van der Waals surface area contributed by atoms with E-state index < -0.39 is 5.69 Å².